The maximum atomic E-state index is 5.37. The fourth-order valence-corrected chi connectivity index (χ4v) is 2.57. The SMILES string of the molecule is Cc1cc(C)cc(NC(=S)NC[C@@H](C)c2ccccc2)c1. The molecular weight excluding hydrogens is 276 g/mol. The summed E-state index contributed by atoms with van der Waals surface area (Å²) >= 11 is 5.37. The van der Waals surface area contributed by atoms with Crippen molar-refractivity contribution in [3.05, 3.63) is 65.2 Å². The van der Waals surface area contributed by atoms with Crippen LogP contribution >= 0.6 is 12.2 Å². The van der Waals surface area contributed by atoms with Crippen molar-refractivity contribution in [1.82, 2.24) is 5.32 Å². The van der Waals surface area contributed by atoms with E-state index in [1.807, 2.05) is 6.07 Å². The number of hydrogen-bond donors (Lipinski definition) is 2. The van der Waals surface area contributed by atoms with Gasteiger partial charge in [-0.05, 0) is 60.8 Å². The maximum absolute atomic E-state index is 5.37. The van der Waals surface area contributed by atoms with Crippen LogP contribution in [0, 0.1) is 13.8 Å². The molecule has 0 unspecified atom stereocenters. The van der Waals surface area contributed by atoms with Crippen LogP contribution in [0.25, 0.3) is 0 Å². The first-order chi connectivity index (χ1) is 10.0. The van der Waals surface area contributed by atoms with Crippen molar-refractivity contribution in [2.24, 2.45) is 0 Å². The molecule has 0 amide bonds. The Morgan fingerprint density at radius 1 is 1.05 bits per heavy atom. The number of nitrogens with one attached hydrogen (secondary N) is 2. The minimum Gasteiger partial charge on any atom is -0.362 e. The van der Waals surface area contributed by atoms with Gasteiger partial charge in [0.25, 0.3) is 0 Å². The van der Waals surface area contributed by atoms with E-state index < -0.39 is 0 Å². The quantitative estimate of drug-likeness (QED) is 0.818. The molecule has 0 saturated carbocycles. The Morgan fingerprint density at radius 3 is 2.29 bits per heavy atom. The molecule has 0 bridgehead atoms. The third-order valence-corrected chi connectivity index (χ3v) is 3.66. The normalized spacial score (nSPS) is 11.8. The fraction of sp³-hybridized carbons (Fsp3) is 0.278. The minimum atomic E-state index is 0.421. The second-order valence-electron chi connectivity index (χ2n) is 5.52. The van der Waals surface area contributed by atoms with E-state index in [1.165, 1.54) is 16.7 Å². The maximum Gasteiger partial charge on any atom is 0.170 e. The van der Waals surface area contributed by atoms with Crippen LogP contribution in [0.4, 0.5) is 5.69 Å². The molecule has 0 spiro atoms. The van der Waals surface area contributed by atoms with Crippen molar-refractivity contribution >= 4 is 23.0 Å². The summed E-state index contributed by atoms with van der Waals surface area (Å²) in [6.07, 6.45) is 0. The van der Waals surface area contributed by atoms with E-state index in [9.17, 15) is 0 Å². The third kappa shape index (κ3) is 4.87. The Labute approximate surface area is 132 Å². The Kier molecular flexibility index (Phi) is 5.34. The molecule has 2 N–H and O–H groups in total. The van der Waals surface area contributed by atoms with E-state index in [1.54, 1.807) is 0 Å². The Balaban J connectivity index is 1.87. The number of anilines is 1. The Bertz CT molecular complexity index is 588. The van der Waals surface area contributed by atoms with E-state index in [-0.39, 0.29) is 0 Å². The summed E-state index contributed by atoms with van der Waals surface area (Å²) < 4.78 is 0. The second-order valence-corrected chi connectivity index (χ2v) is 5.93. The van der Waals surface area contributed by atoms with Crippen molar-refractivity contribution in [1.29, 1.82) is 0 Å². The molecule has 21 heavy (non-hydrogen) atoms. The molecule has 0 fully saturated rings. The average Bonchev–Trinajstić information content (AvgIpc) is 2.44. The van der Waals surface area contributed by atoms with Crippen molar-refractivity contribution in [3.63, 3.8) is 0 Å². The van der Waals surface area contributed by atoms with E-state index in [2.05, 4.69) is 73.9 Å². The van der Waals surface area contributed by atoms with Crippen molar-refractivity contribution < 1.29 is 0 Å². The Morgan fingerprint density at radius 2 is 1.67 bits per heavy atom. The standard InChI is InChI=1S/C18H22N2S/c1-13-9-14(2)11-17(10-13)20-18(21)19-12-15(3)16-7-5-4-6-8-16/h4-11,15H,12H2,1-3H3,(H2,19,20,21)/t15-/m1/s1. The van der Waals surface area contributed by atoms with Gasteiger partial charge in [-0.15, -0.1) is 0 Å². The third-order valence-electron chi connectivity index (χ3n) is 3.42. The highest BCUT2D eigenvalue weighted by atomic mass is 32.1. The van der Waals surface area contributed by atoms with Gasteiger partial charge in [-0.3, -0.25) is 0 Å². The van der Waals surface area contributed by atoms with Gasteiger partial charge in [0.15, 0.2) is 5.11 Å². The van der Waals surface area contributed by atoms with Gasteiger partial charge < -0.3 is 10.6 Å². The zero-order valence-electron chi connectivity index (χ0n) is 12.8. The lowest BCUT2D eigenvalue weighted by Gasteiger charge is -2.16. The molecule has 0 radical (unpaired) electrons. The van der Waals surface area contributed by atoms with Gasteiger partial charge >= 0.3 is 0 Å². The predicted octanol–water partition coefficient (Wildman–Crippen LogP) is 4.39. The first kappa shape index (κ1) is 15.5. The van der Waals surface area contributed by atoms with Gasteiger partial charge in [0.05, 0.1) is 0 Å². The minimum absolute atomic E-state index is 0.421. The van der Waals surface area contributed by atoms with Gasteiger partial charge in [0.2, 0.25) is 0 Å². The van der Waals surface area contributed by atoms with E-state index in [0.717, 1.165) is 12.2 Å². The predicted molar refractivity (Wildman–Crippen MR) is 95.0 cm³/mol. The number of hydrogen-bond acceptors (Lipinski definition) is 1. The molecule has 0 aromatic heterocycles. The number of benzene rings is 2. The summed E-state index contributed by atoms with van der Waals surface area (Å²) in [5.41, 5.74) is 4.83. The summed E-state index contributed by atoms with van der Waals surface area (Å²) in [6, 6.07) is 16.8. The van der Waals surface area contributed by atoms with Crippen LogP contribution < -0.4 is 10.6 Å². The van der Waals surface area contributed by atoms with Crippen LogP contribution in [-0.2, 0) is 0 Å². The number of rotatable bonds is 4. The van der Waals surface area contributed by atoms with E-state index >= 15 is 0 Å². The largest absolute Gasteiger partial charge is 0.362 e. The monoisotopic (exact) mass is 298 g/mol. The zero-order chi connectivity index (χ0) is 15.2. The summed E-state index contributed by atoms with van der Waals surface area (Å²) in [6.45, 7) is 7.20. The molecule has 0 aliphatic heterocycles. The molecule has 0 heterocycles. The lowest BCUT2D eigenvalue weighted by molar-refractivity contribution is 0.723. The van der Waals surface area contributed by atoms with Crippen LogP contribution in [0.1, 0.15) is 29.5 Å². The summed E-state index contributed by atoms with van der Waals surface area (Å²) in [5.74, 6) is 0.421. The van der Waals surface area contributed by atoms with Gasteiger partial charge in [-0.2, -0.15) is 0 Å². The lowest BCUT2D eigenvalue weighted by Crippen LogP contribution is -2.31. The first-order valence-corrected chi connectivity index (χ1v) is 7.63. The molecule has 0 saturated heterocycles. The van der Waals surface area contributed by atoms with Crippen LogP contribution in [-0.4, -0.2) is 11.7 Å². The fourth-order valence-electron chi connectivity index (χ4n) is 2.37. The highest BCUT2D eigenvalue weighted by Gasteiger charge is 2.06. The van der Waals surface area contributed by atoms with Crippen LogP contribution in [0.3, 0.4) is 0 Å². The van der Waals surface area contributed by atoms with Crippen LogP contribution in [0.15, 0.2) is 48.5 Å². The highest BCUT2D eigenvalue weighted by Crippen LogP contribution is 2.15. The summed E-state index contributed by atoms with van der Waals surface area (Å²) in [5, 5.41) is 7.21. The molecule has 0 aliphatic rings. The number of aryl methyl sites for hydroxylation is 2. The van der Waals surface area contributed by atoms with Crippen LogP contribution in [0.2, 0.25) is 0 Å². The van der Waals surface area contributed by atoms with Crippen LogP contribution in [0.5, 0.6) is 0 Å². The Hall–Kier alpha value is -1.87. The smallest absolute Gasteiger partial charge is 0.170 e. The van der Waals surface area contributed by atoms with Gasteiger partial charge in [-0.25, -0.2) is 0 Å². The molecule has 2 aromatic rings. The molecule has 2 rings (SSSR count). The summed E-state index contributed by atoms with van der Waals surface area (Å²) in [4.78, 5) is 0. The highest BCUT2D eigenvalue weighted by molar-refractivity contribution is 7.80. The average molecular weight is 298 g/mol. The van der Waals surface area contributed by atoms with Crippen molar-refractivity contribution in [2.75, 3.05) is 11.9 Å². The van der Waals surface area contributed by atoms with E-state index in [0.29, 0.717) is 11.0 Å². The van der Waals surface area contributed by atoms with Crippen molar-refractivity contribution in [3.8, 4) is 0 Å². The molecular formula is C18H22N2S. The molecule has 2 aromatic carbocycles. The molecule has 110 valence electrons. The topological polar surface area (TPSA) is 24.1 Å². The van der Waals surface area contributed by atoms with Gasteiger partial charge in [-0.1, -0.05) is 43.3 Å². The van der Waals surface area contributed by atoms with E-state index in [4.69, 9.17) is 12.2 Å². The van der Waals surface area contributed by atoms with Gasteiger partial charge in [0, 0.05) is 12.2 Å². The summed E-state index contributed by atoms with van der Waals surface area (Å²) in [7, 11) is 0. The molecule has 3 heteroatoms. The second kappa shape index (κ2) is 7.23. The first-order valence-electron chi connectivity index (χ1n) is 7.22. The number of thiocarbonyl (C=S) groups is 1. The van der Waals surface area contributed by atoms with Crippen molar-refractivity contribution in [2.45, 2.75) is 26.7 Å². The lowest BCUT2D eigenvalue weighted by atomic mass is 10.0. The zero-order valence-corrected chi connectivity index (χ0v) is 13.6. The van der Waals surface area contributed by atoms with Gasteiger partial charge in [0.1, 0.15) is 0 Å². The molecule has 1 atom stereocenters. The molecule has 2 nitrogen and oxygen atoms in total. The molecule has 0 aliphatic carbocycles.